The molecule has 1 fully saturated rings. The van der Waals surface area contributed by atoms with E-state index < -0.39 is 23.6 Å². The molecule has 3 rings (SSSR count). The van der Waals surface area contributed by atoms with Crippen molar-refractivity contribution in [1.29, 1.82) is 0 Å². The van der Waals surface area contributed by atoms with Gasteiger partial charge in [0.2, 0.25) is 0 Å². The lowest BCUT2D eigenvalue weighted by Crippen LogP contribution is -2.50. The molecule has 1 aliphatic heterocycles. The predicted octanol–water partition coefficient (Wildman–Crippen LogP) is 3.03. The normalized spacial score (nSPS) is 21.0. The molecule has 1 saturated heterocycles. The summed E-state index contributed by atoms with van der Waals surface area (Å²) in [5, 5.41) is 6.83. The summed E-state index contributed by atoms with van der Waals surface area (Å²) < 4.78 is 46.2. The lowest BCUT2D eigenvalue weighted by Gasteiger charge is -2.39. The third-order valence-electron chi connectivity index (χ3n) is 4.41. The number of nitrogens with zero attached hydrogens (tertiary/aromatic N) is 5. The molecule has 2 unspecified atom stereocenters. The molecule has 11 heteroatoms. The van der Waals surface area contributed by atoms with E-state index in [0.717, 1.165) is 6.07 Å². The van der Waals surface area contributed by atoms with Crippen LogP contribution in [-0.2, 0) is 10.9 Å². The lowest BCUT2D eigenvalue weighted by molar-refractivity contribution is -0.141. The molecule has 1 aliphatic rings. The number of hydrogen-bond donors (Lipinski definition) is 1. The fourth-order valence-corrected chi connectivity index (χ4v) is 3.26. The summed E-state index contributed by atoms with van der Waals surface area (Å²) in [7, 11) is 0. The van der Waals surface area contributed by atoms with Crippen molar-refractivity contribution in [2.45, 2.75) is 64.4 Å². The molecule has 0 bridgehead atoms. The summed E-state index contributed by atoms with van der Waals surface area (Å²) in [5.74, 6) is 0.170. The molecule has 2 aromatic rings. The maximum absolute atomic E-state index is 13.2. The first kappa shape index (κ1) is 20.2. The Labute approximate surface area is 160 Å². The number of alkyl halides is 3. The molecule has 3 heterocycles. The number of nitrogens with one attached hydrogen (secondary N) is 1. The quantitative estimate of drug-likeness (QED) is 0.834. The van der Waals surface area contributed by atoms with Gasteiger partial charge in [0.05, 0.1) is 0 Å². The minimum absolute atomic E-state index is 0.106. The van der Waals surface area contributed by atoms with Gasteiger partial charge in [0.25, 0.3) is 5.78 Å². The van der Waals surface area contributed by atoms with Crippen LogP contribution in [0.1, 0.15) is 46.2 Å². The molecule has 154 valence electrons. The molecule has 1 N–H and O–H groups in total. The van der Waals surface area contributed by atoms with E-state index >= 15 is 0 Å². The van der Waals surface area contributed by atoms with E-state index in [4.69, 9.17) is 4.74 Å². The van der Waals surface area contributed by atoms with Gasteiger partial charge in [-0.1, -0.05) is 0 Å². The third kappa shape index (κ3) is 4.45. The second kappa shape index (κ2) is 7.10. The number of carbonyl (C=O) groups is 1. The fraction of sp³-hybridized carbons (Fsp3) is 0.647. The molecule has 2 aromatic heterocycles. The molecule has 0 aromatic carbocycles. The van der Waals surface area contributed by atoms with Crippen molar-refractivity contribution >= 4 is 17.7 Å². The zero-order valence-corrected chi connectivity index (χ0v) is 16.1. The minimum Gasteiger partial charge on any atom is -0.444 e. The second-order valence-corrected chi connectivity index (χ2v) is 7.88. The summed E-state index contributed by atoms with van der Waals surface area (Å²) in [6, 6.07) is 0.723. The molecule has 8 nitrogen and oxygen atoms in total. The average Bonchev–Trinajstić information content (AvgIpc) is 3.00. The Morgan fingerprint density at radius 2 is 2.04 bits per heavy atom. The van der Waals surface area contributed by atoms with E-state index in [2.05, 4.69) is 20.4 Å². The second-order valence-electron chi connectivity index (χ2n) is 7.88. The maximum Gasteiger partial charge on any atom is 0.433 e. The monoisotopic (exact) mass is 400 g/mol. The number of piperidine rings is 1. The first-order valence-electron chi connectivity index (χ1n) is 8.98. The smallest absolute Gasteiger partial charge is 0.433 e. The van der Waals surface area contributed by atoms with Crippen molar-refractivity contribution in [3.63, 3.8) is 0 Å². The molecule has 0 saturated carbocycles. The number of ether oxygens (including phenoxy) is 1. The minimum atomic E-state index is -4.58. The largest absolute Gasteiger partial charge is 0.444 e. The third-order valence-corrected chi connectivity index (χ3v) is 4.41. The summed E-state index contributed by atoms with van der Waals surface area (Å²) in [4.78, 5) is 21.1. The van der Waals surface area contributed by atoms with Crippen molar-refractivity contribution in [3.05, 3.63) is 18.1 Å². The highest BCUT2D eigenvalue weighted by Crippen LogP contribution is 2.32. The van der Waals surface area contributed by atoms with Crippen molar-refractivity contribution in [3.8, 4) is 0 Å². The Hall–Kier alpha value is -2.59. The van der Waals surface area contributed by atoms with Crippen LogP contribution in [0.3, 0.4) is 0 Å². The van der Waals surface area contributed by atoms with Gasteiger partial charge in [-0.15, -0.1) is 0 Å². The van der Waals surface area contributed by atoms with Crippen LogP contribution in [0.2, 0.25) is 0 Å². The number of anilines is 1. The van der Waals surface area contributed by atoms with Gasteiger partial charge in [0.15, 0.2) is 5.69 Å². The standard InChI is InChI=1S/C17H23F3N6O2/c1-10-7-11(23-15(27)28-16(2,3)4)5-6-25(10)13-8-12(17(18,19)20)24-14-21-9-22-26(13)14/h8-11H,5-7H2,1-4H3,(H,23,27). The molecular weight excluding hydrogens is 377 g/mol. The zero-order chi connectivity index (χ0) is 20.7. The number of hydrogen-bond acceptors (Lipinski definition) is 6. The number of alkyl carbamates (subject to hydrolysis) is 1. The Balaban J connectivity index is 1.78. The van der Waals surface area contributed by atoms with Crippen molar-refractivity contribution < 1.29 is 22.7 Å². The predicted molar refractivity (Wildman–Crippen MR) is 95.0 cm³/mol. The summed E-state index contributed by atoms with van der Waals surface area (Å²) in [6.45, 7) is 7.67. The fourth-order valence-electron chi connectivity index (χ4n) is 3.26. The first-order chi connectivity index (χ1) is 12.9. The lowest BCUT2D eigenvalue weighted by atomic mass is 9.98. The first-order valence-corrected chi connectivity index (χ1v) is 8.98. The number of carbonyl (C=O) groups excluding carboxylic acids is 1. The molecule has 28 heavy (non-hydrogen) atoms. The van der Waals surface area contributed by atoms with Crippen LogP contribution in [-0.4, -0.2) is 49.9 Å². The Kier molecular flexibility index (Phi) is 5.11. The van der Waals surface area contributed by atoms with Crippen LogP contribution in [0.5, 0.6) is 0 Å². The molecule has 0 radical (unpaired) electrons. The molecule has 0 spiro atoms. The zero-order valence-electron chi connectivity index (χ0n) is 16.1. The molecule has 0 aliphatic carbocycles. The van der Waals surface area contributed by atoms with Crippen LogP contribution in [0.4, 0.5) is 23.8 Å². The molecule has 1 amide bonds. The van der Waals surface area contributed by atoms with Gasteiger partial charge in [-0.2, -0.15) is 27.8 Å². The van der Waals surface area contributed by atoms with Gasteiger partial charge in [-0.25, -0.2) is 9.78 Å². The van der Waals surface area contributed by atoms with Crippen molar-refractivity contribution in [2.75, 3.05) is 11.4 Å². The number of halogens is 3. The summed E-state index contributed by atoms with van der Waals surface area (Å²) in [5.41, 5.74) is -1.61. The highest BCUT2D eigenvalue weighted by atomic mass is 19.4. The van der Waals surface area contributed by atoms with Gasteiger partial charge in [0, 0.05) is 24.7 Å². The Bertz CT molecular complexity index is 861. The molecular formula is C17H23F3N6O2. The number of fused-ring (bicyclic) bond motifs is 1. The van der Waals surface area contributed by atoms with Gasteiger partial charge in [0.1, 0.15) is 17.7 Å². The van der Waals surface area contributed by atoms with E-state index in [9.17, 15) is 18.0 Å². The van der Waals surface area contributed by atoms with Gasteiger partial charge < -0.3 is 15.0 Å². The van der Waals surface area contributed by atoms with E-state index in [1.54, 1.807) is 20.8 Å². The van der Waals surface area contributed by atoms with E-state index in [1.165, 1.54) is 10.8 Å². The van der Waals surface area contributed by atoms with E-state index in [1.807, 2.05) is 11.8 Å². The van der Waals surface area contributed by atoms with Crippen LogP contribution in [0, 0.1) is 0 Å². The van der Waals surface area contributed by atoms with Gasteiger partial charge >= 0.3 is 12.3 Å². The summed E-state index contributed by atoms with van der Waals surface area (Å²) >= 11 is 0. The number of aromatic nitrogens is 4. The van der Waals surface area contributed by atoms with Crippen LogP contribution < -0.4 is 10.2 Å². The van der Waals surface area contributed by atoms with E-state index in [-0.39, 0.29) is 23.7 Å². The van der Waals surface area contributed by atoms with Gasteiger partial charge in [-0.05, 0) is 40.5 Å². The topological polar surface area (TPSA) is 84.6 Å². The molecule has 2 atom stereocenters. The SMILES string of the molecule is CC1CC(NC(=O)OC(C)(C)C)CCN1c1cc(C(F)(F)F)nc2ncnn12. The van der Waals surface area contributed by atoms with Crippen molar-refractivity contribution in [2.24, 2.45) is 0 Å². The Morgan fingerprint density at radius 1 is 1.32 bits per heavy atom. The van der Waals surface area contributed by atoms with Crippen LogP contribution in [0.25, 0.3) is 5.78 Å². The highest BCUT2D eigenvalue weighted by Gasteiger charge is 2.36. The maximum atomic E-state index is 13.2. The Morgan fingerprint density at radius 3 is 2.64 bits per heavy atom. The van der Waals surface area contributed by atoms with Gasteiger partial charge in [-0.3, -0.25) is 0 Å². The van der Waals surface area contributed by atoms with E-state index in [0.29, 0.717) is 19.4 Å². The van der Waals surface area contributed by atoms with Crippen LogP contribution >= 0.6 is 0 Å². The summed E-state index contributed by atoms with van der Waals surface area (Å²) in [6.07, 6.45) is -2.79. The highest BCUT2D eigenvalue weighted by molar-refractivity contribution is 5.68. The van der Waals surface area contributed by atoms with Crippen molar-refractivity contribution in [1.82, 2.24) is 24.9 Å². The average molecular weight is 400 g/mol. The number of rotatable bonds is 2. The number of amides is 1. The van der Waals surface area contributed by atoms with Crippen LogP contribution in [0.15, 0.2) is 12.4 Å².